The average molecular weight is 322 g/mol. The normalized spacial score (nSPS) is 16.3. The third-order valence-corrected chi connectivity index (χ3v) is 3.98. The van der Waals surface area contributed by atoms with Gasteiger partial charge in [-0.1, -0.05) is 0 Å². The number of hydrogen-bond donors (Lipinski definition) is 0. The van der Waals surface area contributed by atoms with Gasteiger partial charge in [0.25, 0.3) is 5.69 Å². The Morgan fingerprint density at radius 1 is 1.22 bits per heavy atom. The van der Waals surface area contributed by atoms with E-state index in [1.807, 2.05) is 0 Å². The van der Waals surface area contributed by atoms with E-state index in [1.54, 1.807) is 11.0 Å². The summed E-state index contributed by atoms with van der Waals surface area (Å²) in [6.45, 7) is 1.57. The lowest BCUT2D eigenvalue weighted by molar-refractivity contribution is -0.385. The lowest BCUT2D eigenvalue weighted by atomic mass is 10.1. The highest BCUT2D eigenvalue weighted by atomic mass is 16.7. The van der Waals surface area contributed by atoms with E-state index in [4.69, 9.17) is 14.2 Å². The van der Waals surface area contributed by atoms with Crippen molar-refractivity contribution in [2.24, 2.45) is 0 Å². The Labute approximate surface area is 133 Å². The first-order chi connectivity index (χ1) is 11.1. The van der Waals surface area contributed by atoms with Gasteiger partial charge < -0.3 is 19.1 Å². The maximum Gasteiger partial charge on any atom is 0.409 e. The van der Waals surface area contributed by atoms with Crippen molar-refractivity contribution in [1.82, 2.24) is 4.90 Å². The number of nitrogens with zero attached hydrogens (tertiary/aromatic N) is 2. The van der Waals surface area contributed by atoms with Crippen molar-refractivity contribution < 1.29 is 23.9 Å². The first-order valence-electron chi connectivity index (χ1n) is 7.64. The molecule has 2 aliphatic heterocycles. The Kier molecular flexibility index (Phi) is 4.50. The minimum absolute atomic E-state index is 0.0525. The Morgan fingerprint density at radius 2 is 1.91 bits per heavy atom. The second kappa shape index (κ2) is 6.72. The molecule has 1 aromatic carbocycles. The van der Waals surface area contributed by atoms with Gasteiger partial charge in [0, 0.05) is 25.1 Å². The zero-order valence-corrected chi connectivity index (χ0v) is 12.7. The van der Waals surface area contributed by atoms with E-state index in [-0.39, 0.29) is 31.6 Å². The van der Waals surface area contributed by atoms with Gasteiger partial charge in [0.15, 0.2) is 11.5 Å². The van der Waals surface area contributed by atoms with Crippen LogP contribution in [0.25, 0.3) is 0 Å². The number of piperidine rings is 1. The fourth-order valence-corrected chi connectivity index (χ4v) is 2.76. The summed E-state index contributed by atoms with van der Waals surface area (Å²) in [5.41, 5.74) is 0.411. The maximum absolute atomic E-state index is 11.9. The first kappa shape index (κ1) is 15.4. The first-order valence-corrected chi connectivity index (χ1v) is 7.64. The molecule has 0 atom stereocenters. The molecule has 1 saturated heterocycles. The van der Waals surface area contributed by atoms with Crippen molar-refractivity contribution >= 4 is 11.8 Å². The summed E-state index contributed by atoms with van der Waals surface area (Å²) in [5.74, 6) is 0.846. The lowest BCUT2D eigenvalue weighted by Crippen LogP contribution is -2.36. The van der Waals surface area contributed by atoms with Crippen molar-refractivity contribution in [2.75, 3.05) is 26.5 Å². The number of ether oxygens (including phenoxy) is 3. The van der Waals surface area contributed by atoms with Crippen molar-refractivity contribution in [2.45, 2.75) is 25.7 Å². The van der Waals surface area contributed by atoms with Crippen LogP contribution in [0, 0.1) is 10.1 Å². The van der Waals surface area contributed by atoms with E-state index >= 15 is 0 Å². The number of hydrogen-bond acceptors (Lipinski definition) is 6. The van der Waals surface area contributed by atoms with Crippen LogP contribution in [0.5, 0.6) is 11.5 Å². The summed E-state index contributed by atoms with van der Waals surface area (Å²) in [6.07, 6.45) is 3.01. The molecule has 3 rings (SSSR count). The van der Waals surface area contributed by atoms with Crippen LogP contribution in [0.4, 0.5) is 10.5 Å². The summed E-state index contributed by atoms with van der Waals surface area (Å²) in [6, 6.07) is 2.93. The van der Waals surface area contributed by atoms with Gasteiger partial charge in [0.1, 0.15) is 0 Å². The molecule has 8 heteroatoms. The molecule has 0 radical (unpaired) electrons. The number of benzene rings is 1. The van der Waals surface area contributed by atoms with Gasteiger partial charge in [-0.05, 0) is 25.3 Å². The van der Waals surface area contributed by atoms with Gasteiger partial charge in [-0.2, -0.15) is 0 Å². The van der Waals surface area contributed by atoms with E-state index < -0.39 is 4.92 Å². The molecule has 0 spiro atoms. The van der Waals surface area contributed by atoms with E-state index in [1.165, 1.54) is 6.07 Å². The Balaban J connectivity index is 1.61. The summed E-state index contributed by atoms with van der Waals surface area (Å²) >= 11 is 0. The molecule has 1 aromatic rings. The molecule has 1 fully saturated rings. The van der Waals surface area contributed by atoms with Crippen LogP contribution in [0.15, 0.2) is 12.1 Å². The molecule has 2 aliphatic rings. The number of rotatable bonds is 4. The van der Waals surface area contributed by atoms with Gasteiger partial charge in [-0.25, -0.2) is 4.79 Å². The van der Waals surface area contributed by atoms with Crippen LogP contribution in [0.2, 0.25) is 0 Å². The van der Waals surface area contributed by atoms with Gasteiger partial charge in [0.05, 0.1) is 17.6 Å². The second-order valence-electron chi connectivity index (χ2n) is 5.50. The number of carbonyl (C=O) groups is 1. The third-order valence-electron chi connectivity index (χ3n) is 3.98. The molecule has 0 bridgehead atoms. The Bertz CT molecular complexity index is 612. The van der Waals surface area contributed by atoms with Crippen molar-refractivity contribution in [3.63, 3.8) is 0 Å². The standard InChI is InChI=1S/C15H18N2O6/c18-15(16-5-2-1-3-6-16)21-7-4-11-8-13-14(23-10-22-13)9-12(11)17(19)20/h8-9H,1-7,10H2. The molecule has 0 aromatic heterocycles. The van der Waals surface area contributed by atoms with Crippen LogP contribution >= 0.6 is 0 Å². The summed E-state index contributed by atoms with van der Waals surface area (Å²) < 4.78 is 15.6. The van der Waals surface area contributed by atoms with E-state index in [0.29, 0.717) is 30.2 Å². The number of nitro groups is 1. The molecule has 124 valence electrons. The van der Waals surface area contributed by atoms with Crippen LogP contribution in [0.1, 0.15) is 24.8 Å². The quantitative estimate of drug-likeness (QED) is 0.625. The molecule has 0 N–H and O–H groups in total. The molecule has 0 unspecified atom stereocenters. The van der Waals surface area contributed by atoms with Crippen molar-refractivity contribution in [3.8, 4) is 11.5 Å². The molecular formula is C15H18N2O6. The monoisotopic (exact) mass is 322 g/mol. The minimum atomic E-state index is -0.469. The Morgan fingerprint density at radius 3 is 2.61 bits per heavy atom. The van der Waals surface area contributed by atoms with Crippen LogP contribution in [-0.2, 0) is 11.2 Å². The number of amides is 1. The second-order valence-corrected chi connectivity index (χ2v) is 5.50. The molecule has 8 nitrogen and oxygen atoms in total. The highest BCUT2D eigenvalue weighted by Crippen LogP contribution is 2.38. The van der Waals surface area contributed by atoms with Gasteiger partial charge in [0.2, 0.25) is 6.79 Å². The molecule has 0 saturated carbocycles. The number of likely N-dealkylation sites (tertiary alicyclic amines) is 1. The van der Waals surface area contributed by atoms with Gasteiger partial charge in [-0.15, -0.1) is 0 Å². The number of carbonyl (C=O) groups excluding carboxylic acids is 1. The van der Waals surface area contributed by atoms with E-state index in [2.05, 4.69) is 0 Å². The van der Waals surface area contributed by atoms with E-state index in [9.17, 15) is 14.9 Å². The van der Waals surface area contributed by atoms with Gasteiger partial charge in [-0.3, -0.25) is 10.1 Å². The maximum atomic E-state index is 11.9. The highest BCUT2D eigenvalue weighted by Gasteiger charge is 2.24. The summed E-state index contributed by atoms with van der Waals surface area (Å²) in [5, 5.41) is 11.2. The summed E-state index contributed by atoms with van der Waals surface area (Å²) in [4.78, 5) is 24.3. The zero-order valence-electron chi connectivity index (χ0n) is 12.7. The van der Waals surface area contributed by atoms with Crippen molar-refractivity contribution in [1.29, 1.82) is 0 Å². The lowest BCUT2D eigenvalue weighted by Gasteiger charge is -2.25. The zero-order chi connectivity index (χ0) is 16.2. The fraction of sp³-hybridized carbons (Fsp3) is 0.533. The predicted octanol–water partition coefficient (Wildman–Crippen LogP) is 2.49. The third kappa shape index (κ3) is 3.46. The molecule has 1 amide bonds. The molecule has 23 heavy (non-hydrogen) atoms. The largest absolute Gasteiger partial charge is 0.454 e. The predicted molar refractivity (Wildman–Crippen MR) is 79.7 cm³/mol. The Hall–Kier alpha value is -2.51. The fourth-order valence-electron chi connectivity index (χ4n) is 2.76. The van der Waals surface area contributed by atoms with Crippen LogP contribution in [0.3, 0.4) is 0 Å². The van der Waals surface area contributed by atoms with Crippen LogP contribution in [-0.4, -0.2) is 42.4 Å². The minimum Gasteiger partial charge on any atom is -0.454 e. The number of nitro benzene ring substituents is 1. The van der Waals surface area contributed by atoms with Crippen molar-refractivity contribution in [3.05, 3.63) is 27.8 Å². The molecule has 2 heterocycles. The smallest absolute Gasteiger partial charge is 0.409 e. The number of fused-ring (bicyclic) bond motifs is 1. The summed E-state index contributed by atoms with van der Waals surface area (Å²) in [7, 11) is 0. The average Bonchev–Trinajstić information content (AvgIpc) is 3.02. The van der Waals surface area contributed by atoms with Crippen LogP contribution < -0.4 is 9.47 Å². The highest BCUT2D eigenvalue weighted by molar-refractivity contribution is 5.67. The molecule has 0 aliphatic carbocycles. The SMILES string of the molecule is O=C(OCCc1cc2c(cc1[N+](=O)[O-])OCO2)N1CCCCC1. The molecular weight excluding hydrogens is 304 g/mol. The van der Waals surface area contributed by atoms with E-state index in [0.717, 1.165) is 19.3 Å². The topological polar surface area (TPSA) is 91.1 Å². The van der Waals surface area contributed by atoms with Gasteiger partial charge >= 0.3 is 6.09 Å².